The number of unbranched alkanes of at least 4 members (excludes halogenated alkanes) is 1. The van der Waals surface area contributed by atoms with Gasteiger partial charge in [-0.05, 0) is 46.7 Å². The van der Waals surface area contributed by atoms with Gasteiger partial charge in [0.15, 0.2) is 0 Å². The standard InChI is InChI=1S/C12H15IO2/c1-2-3-7-15-12(14)9-10-5-4-6-11(13)8-10/h4-6,8H,2-3,7,9H2,1H3. The lowest BCUT2D eigenvalue weighted by Gasteiger charge is -2.04. The van der Waals surface area contributed by atoms with Gasteiger partial charge >= 0.3 is 5.97 Å². The van der Waals surface area contributed by atoms with Crippen molar-refractivity contribution >= 4 is 28.6 Å². The topological polar surface area (TPSA) is 26.3 Å². The number of rotatable bonds is 5. The molecule has 2 nitrogen and oxygen atoms in total. The van der Waals surface area contributed by atoms with Crippen molar-refractivity contribution in [1.82, 2.24) is 0 Å². The molecular formula is C12H15IO2. The summed E-state index contributed by atoms with van der Waals surface area (Å²) in [5, 5.41) is 0. The number of hydrogen-bond donors (Lipinski definition) is 0. The van der Waals surface area contributed by atoms with E-state index in [-0.39, 0.29) is 5.97 Å². The maximum absolute atomic E-state index is 11.4. The molecule has 15 heavy (non-hydrogen) atoms. The van der Waals surface area contributed by atoms with Crippen LogP contribution in [0.25, 0.3) is 0 Å². The summed E-state index contributed by atoms with van der Waals surface area (Å²) in [4.78, 5) is 11.4. The predicted octanol–water partition coefficient (Wildman–Crippen LogP) is 3.18. The fourth-order valence-electron chi connectivity index (χ4n) is 1.19. The van der Waals surface area contributed by atoms with Crippen molar-refractivity contribution in [3.05, 3.63) is 33.4 Å². The number of halogens is 1. The highest BCUT2D eigenvalue weighted by molar-refractivity contribution is 14.1. The number of hydrogen-bond acceptors (Lipinski definition) is 2. The van der Waals surface area contributed by atoms with Crippen LogP contribution in [0.1, 0.15) is 25.3 Å². The summed E-state index contributed by atoms with van der Waals surface area (Å²) in [6.45, 7) is 2.62. The zero-order valence-corrected chi connectivity index (χ0v) is 11.0. The average molecular weight is 318 g/mol. The van der Waals surface area contributed by atoms with Crippen LogP contribution < -0.4 is 0 Å². The Balaban J connectivity index is 2.37. The third-order valence-electron chi connectivity index (χ3n) is 2.00. The van der Waals surface area contributed by atoms with E-state index in [0.29, 0.717) is 13.0 Å². The fourth-order valence-corrected chi connectivity index (χ4v) is 1.80. The fraction of sp³-hybridized carbons (Fsp3) is 0.417. The summed E-state index contributed by atoms with van der Waals surface area (Å²) in [6.07, 6.45) is 2.37. The Kier molecular flexibility index (Phi) is 5.68. The normalized spacial score (nSPS) is 10.0. The number of carbonyl (C=O) groups excluding carboxylic acids is 1. The Hall–Kier alpha value is -0.580. The van der Waals surface area contributed by atoms with Crippen LogP contribution in [0.3, 0.4) is 0 Å². The zero-order valence-electron chi connectivity index (χ0n) is 8.83. The highest BCUT2D eigenvalue weighted by Gasteiger charge is 2.04. The molecule has 0 aliphatic carbocycles. The van der Waals surface area contributed by atoms with E-state index in [2.05, 4.69) is 29.5 Å². The average Bonchev–Trinajstić information content (AvgIpc) is 2.18. The van der Waals surface area contributed by atoms with Gasteiger partial charge in [0.25, 0.3) is 0 Å². The minimum Gasteiger partial charge on any atom is -0.465 e. The molecule has 0 saturated heterocycles. The molecule has 1 rings (SSSR count). The quantitative estimate of drug-likeness (QED) is 0.473. The van der Waals surface area contributed by atoms with Gasteiger partial charge in [-0.1, -0.05) is 25.5 Å². The van der Waals surface area contributed by atoms with E-state index in [1.807, 2.05) is 24.3 Å². The largest absolute Gasteiger partial charge is 0.465 e. The second-order valence-corrected chi connectivity index (χ2v) is 4.63. The van der Waals surface area contributed by atoms with E-state index in [1.54, 1.807) is 0 Å². The molecule has 1 aromatic rings. The maximum Gasteiger partial charge on any atom is 0.310 e. The molecule has 1 aromatic carbocycles. The van der Waals surface area contributed by atoms with E-state index in [0.717, 1.165) is 22.0 Å². The molecule has 0 aliphatic heterocycles. The summed E-state index contributed by atoms with van der Waals surface area (Å²) < 4.78 is 6.23. The Labute approximate surface area is 104 Å². The molecule has 82 valence electrons. The van der Waals surface area contributed by atoms with E-state index in [4.69, 9.17) is 4.74 Å². The molecule has 0 amide bonds. The van der Waals surface area contributed by atoms with E-state index in [9.17, 15) is 4.79 Å². The number of benzene rings is 1. The Morgan fingerprint density at radius 1 is 1.47 bits per heavy atom. The summed E-state index contributed by atoms with van der Waals surface area (Å²) >= 11 is 2.23. The first-order valence-corrected chi connectivity index (χ1v) is 6.20. The molecule has 0 N–H and O–H groups in total. The van der Waals surface area contributed by atoms with Crippen molar-refractivity contribution in [2.75, 3.05) is 6.61 Å². The van der Waals surface area contributed by atoms with E-state index in [1.165, 1.54) is 0 Å². The lowest BCUT2D eigenvalue weighted by atomic mass is 10.2. The zero-order chi connectivity index (χ0) is 11.1. The van der Waals surface area contributed by atoms with Gasteiger partial charge in [-0.25, -0.2) is 0 Å². The molecule has 0 aromatic heterocycles. The lowest BCUT2D eigenvalue weighted by Crippen LogP contribution is -2.08. The van der Waals surface area contributed by atoms with Crippen molar-refractivity contribution in [3.8, 4) is 0 Å². The lowest BCUT2D eigenvalue weighted by molar-refractivity contribution is -0.142. The third kappa shape index (κ3) is 5.16. The molecule has 0 saturated carbocycles. The molecule has 0 fully saturated rings. The Bertz CT molecular complexity index is 323. The van der Waals surface area contributed by atoms with E-state index >= 15 is 0 Å². The molecule has 0 spiro atoms. The Morgan fingerprint density at radius 3 is 2.93 bits per heavy atom. The predicted molar refractivity (Wildman–Crippen MR) is 68.7 cm³/mol. The molecule has 0 aliphatic rings. The summed E-state index contributed by atoms with van der Waals surface area (Å²) in [5.74, 6) is -0.134. The summed E-state index contributed by atoms with van der Waals surface area (Å²) in [7, 11) is 0. The number of ether oxygens (including phenoxy) is 1. The number of carbonyl (C=O) groups is 1. The van der Waals surface area contributed by atoms with Crippen LogP contribution >= 0.6 is 22.6 Å². The molecule has 0 atom stereocenters. The molecule has 0 bridgehead atoms. The second kappa shape index (κ2) is 6.82. The highest BCUT2D eigenvalue weighted by atomic mass is 127. The van der Waals surface area contributed by atoms with Gasteiger partial charge in [-0.2, -0.15) is 0 Å². The van der Waals surface area contributed by atoms with Crippen LogP contribution in [-0.2, 0) is 16.0 Å². The minimum atomic E-state index is -0.134. The first-order chi connectivity index (χ1) is 7.22. The van der Waals surface area contributed by atoms with Gasteiger partial charge in [0, 0.05) is 3.57 Å². The summed E-state index contributed by atoms with van der Waals surface area (Å²) in [5.41, 5.74) is 1.02. The van der Waals surface area contributed by atoms with Crippen molar-refractivity contribution in [2.45, 2.75) is 26.2 Å². The van der Waals surface area contributed by atoms with Crippen LogP contribution in [0.4, 0.5) is 0 Å². The van der Waals surface area contributed by atoms with Gasteiger partial charge in [0.05, 0.1) is 13.0 Å². The van der Waals surface area contributed by atoms with Gasteiger partial charge in [-0.15, -0.1) is 0 Å². The first-order valence-electron chi connectivity index (χ1n) is 5.12. The van der Waals surface area contributed by atoms with E-state index < -0.39 is 0 Å². The van der Waals surface area contributed by atoms with Gasteiger partial charge in [0.2, 0.25) is 0 Å². The molecule has 0 unspecified atom stereocenters. The third-order valence-corrected chi connectivity index (χ3v) is 2.67. The molecule has 0 radical (unpaired) electrons. The van der Waals surface area contributed by atoms with Crippen molar-refractivity contribution < 1.29 is 9.53 Å². The van der Waals surface area contributed by atoms with Crippen LogP contribution in [0, 0.1) is 3.57 Å². The number of esters is 1. The SMILES string of the molecule is CCCCOC(=O)Cc1cccc(I)c1. The van der Waals surface area contributed by atoms with Crippen LogP contribution in [-0.4, -0.2) is 12.6 Å². The minimum absolute atomic E-state index is 0.134. The second-order valence-electron chi connectivity index (χ2n) is 3.38. The van der Waals surface area contributed by atoms with Crippen LogP contribution in [0.5, 0.6) is 0 Å². The van der Waals surface area contributed by atoms with Crippen molar-refractivity contribution in [1.29, 1.82) is 0 Å². The monoisotopic (exact) mass is 318 g/mol. The maximum atomic E-state index is 11.4. The van der Waals surface area contributed by atoms with Gasteiger partial charge < -0.3 is 4.74 Å². The Morgan fingerprint density at radius 2 is 2.27 bits per heavy atom. The first kappa shape index (κ1) is 12.5. The van der Waals surface area contributed by atoms with Gasteiger partial charge in [0.1, 0.15) is 0 Å². The molecule has 0 heterocycles. The van der Waals surface area contributed by atoms with Crippen LogP contribution in [0.15, 0.2) is 24.3 Å². The highest BCUT2D eigenvalue weighted by Crippen LogP contribution is 2.08. The molecular weight excluding hydrogens is 303 g/mol. The van der Waals surface area contributed by atoms with Crippen LogP contribution in [0.2, 0.25) is 0 Å². The van der Waals surface area contributed by atoms with Gasteiger partial charge in [-0.3, -0.25) is 4.79 Å². The van der Waals surface area contributed by atoms with Crippen molar-refractivity contribution in [3.63, 3.8) is 0 Å². The smallest absolute Gasteiger partial charge is 0.310 e. The summed E-state index contributed by atoms with van der Waals surface area (Å²) in [6, 6.07) is 7.91. The van der Waals surface area contributed by atoms with Crippen molar-refractivity contribution in [2.24, 2.45) is 0 Å². The molecule has 3 heteroatoms.